The summed E-state index contributed by atoms with van der Waals surface area (Å²) in [7, 11) is 0. The Hall–Kier alpha value is -0.530. The first-order chi connectivity index (χ1) is 4.29. The maximum Gasteiger partial charge on any atom is 0.359 e. The van der Waals surface area contributed by atoms with Gasteiger partial charge in [0.2, 0.25) is 0 Å². The second-order valence-electron chi connectivity index (χ2n) is 2.53. The zero-order chi connectivity index (χ0) is 6.69. The fraction of sp³-hybridized carbons (Fsp3) is 0.714. The van der Waals surface area contributed by atoms with E-state index in [4.69, 9.17) is 0 Å². The van der Waals surface area contributed by atoms with Gasteiger partial charge in [-0.3, -0.25) is 0 Å². The predicted octanol–water partition coefficient (Wildman–Crippen LogP) is 1.34. The van der Waals surface area contributed by atoms with Crippen LogP contribution in [0.4, 0.5) is 0 Å². The molecule has 1 rings (SSSR count). The Bertz CT molecular complexity index is 103. The minimum Gasteiger partial charge on any atom is -0.247 e. The van der Waals surface area contributed by atoms with Crippen molar-refractivity contribution in [2.75, 3.05) is 0 Å². The van der Waals surface area contributed by atoms with Crippen molar-refractivity contribution in [1.29, 1.82) is 0 Å². The lowest BCUT2D eigenvalue weighted by molar-refractivity contribution is -0.139. The first-order valence-electron chi connectivity index (χ1n) is 3.35. The van der Waals surface area contributed by atoms with E-state index in [9.17, 15) is 9.90 Å². The van der Waals surface area contributed by atoms with Gasteiger partial charge in [-0.2, -0.15) is 0 Å². The van der Waals surface area contributed by atoms with E-state index >= 15 is 0 Å². The lowest BCUT2D eigenvalue weighted by Crippen LogP contribution is -2.02. The van der Waals surface area contributed by atoms with E-state index in [2.05, 4.69) is 0 Å². The third-order valence-electron chi connectivity index (χ3n) is 1.77. The average molecular weight is 126 g/mol. The molecule has 0 heterocycles. The van der Waals surface area contributed by atoms with E-state index in [1.807, 2.05) is 0 Å². The lowest BCUT2D eigenvalue weighted by atomic mass is 10.1. The van der Waals surface area contributed by atoms with Crippen molar-refractivity contribution in [2.24, 2.45) is 5.92 Å². The Kier molecular flexibility index (Phi) is 2.09. The van der Waals surface area contributed by atoms with Crippen molar-refractivity contribution < 1.29 is 9.90 Å². The minimum absolute atomic E-state index is 0.301. The van der Waals surface area contributed by atoms with E-state index in [1.54, 1.807) is 0 Å². The maximum atomic E-state index is 9.99. The molecule has 1 aliphatic carbocycles. The van der Waals surface area contributed by atoms with E-state index in [0.717, 1.165) is 12.8 Å². The van der Waals surface area contributed by atoms with Crippen LogP contribution in [0, 0.1) is 12.3 Å². The fourth-order valence-corrected chi connectivity index (χ4v) is 1.32. The standard InChI is InChI=1S/C7H10O2/c8-7(9)5-6-3-1-2-4-6/h5-6H,1-4H2. The van der Waals surface area contributed by atoms with Gasteiger partial charge < -0.3 is 0 Å². The highest BCUT2D eigenvalue weighted by molar-refractivity contribution is 5.76. The molecule has 1 aliphatic rings. The number of carbonyl (C=O) groups excluding carboxylic acids is 1. The van der Waals surface area contributed by atoms with Crippen molar-refractivity contribution in [2.45, 2.75) is 25.7 Å². The van der Waals surface area contributed by atoms with Gasteiger partial charge in [0.15, 0.2) is 0 Å². The number of carbonyl (C=O) groups is 1. The molecule has 0 spiro atoms. The average Bonchev–Trinajstić information content (AvgIpc) is 2.15. The highest BCUT2D eigenvalue weighted by Crippen LogP contribution is 2.26. The molecular formula is C7H10O2. The molecule has 0 bridgehead atoms. The van der Waals surface area contributed by atoms with Crippen molar-refractivity contribution >= 4 is 5.97 Å². The summed E-state index contributed by atoms with van der Waals surface area (Å²) in [5, 5.41) is 9.99. The van der Waals surface area contributed by atoms with Crippen LogP contribution in [0.25, 0.3) is 0 Å². The summed E-state index contributed by atoms with van der Waals surface area (Å²) in [6.45, 7) is 0. The third-order valence-corrected chi connectivity index (χ3v) is 1.77. The summed E-state index contributed by atoms with van der Waals surface area (Å²) in [5.41, 5.74) is 0. The second kappa shape index (κ2) is 2.85. The van der Waals surface area contributed by atoms with Crippen LogP contribution in [-0.2, 0) is 9.90 Å². The normalized spacial score (nSPS) is 20.4. The van der Waals surface area contributed by atoms with Gasteiger partial charge in [-0.05, 0) is 18.8 Å². The van der Waals surface area contributed by atoms with Crippen LogP contribution in [0.2, 0.25) is 0 Å². The molecule has 0 unspecified atom stereocenters. The van der Waals surface area contributed by atoms with Crippen molar-refractivity contribution in [1.82, 2.24) is 0 Å². The van der Waals surface area contributed by atoms with Gasteiger partial charge in [-0.1, -0.05) is 12.8 Å². The van der Waals surface area contributed by atoms with Crippen molar-refractivity contribution in [3.8, 4) is 0 Å². The molecule has 50 valence electrons. The van der Waals surface area contributed by atoms with Crippen LogP contribution >= 0.6 is 0 Å². The van der Waals surface area contributed by atoms with Crippen molar-refractivity contribution in [3.05, 3.63) is 6.42 Å². The maximum absolute atomic E-state index is 9.99. The van der Waals surface area contributed by atoms with Crippen molar-refractivity contribution in [3.63, 3.8) is 0 Å². The molecule has 0 aromatic heterocycles. The van der Waals surface area contributed by atoms with Gasteiger partial charge >= 0.3 is 5.97 Å². The molecule has 0 aromatic carbocycles. The molecule has 2 heteroatoms. The monoisotopic (exact) mass is 126 g/mol. The van der Waals surface area contributed by atoms with E-state index in [0.29, 0.717) is 5.92 Å². The first-order valence-corrected chi connectivity index (χ1v) is 3.35. The molecule has 0 atom stereocenters. The van der Waals surface area contributed by atoms with Gasteiger partial charge in [-0.25, -0.2) is 9.90 Å². The predicted molar refractivity (Wildman–Crippen MR) is 32.0 cm³/mol. The minimum atomic E-state index is -1.01. The largest absolute Gasteiger partial charge is 0.359 e. The molecule has 2 nitrogen and oxygen atoms in total. The van der Waals surface area contributed by atoms with Crippen LogP contribution in [0.15, 0.2) is 0 Å². The molecule has 0 N–H and O–H groups in total. The molecule has 2 radical (unpaired) electrons. The highest BCUT2D eigenvalue weighted by atomic mass is 16.4. The SMILES string of the molecule is [O]C(=O)[CH]C1CCCC1. The second-order valence-corrected chi connectivity index (χ2v) is 2.53. The highest BCUT2D eigenvalue weighted by Gasteiger charge is 2.18. The summed E-state index contributed by atoms with van der Waals surface area (Å²) in [4.78, 5) is 9.99. The topological polar surface area (TPSA) is 37.0 Å². The van der Waals surface area contributed by atoms with Crippen LogP contribution in [0.5, 0.6) is 0 Å². The van der Waals surface area contributed by atoms with Gasteiger partial charge in [0.1, 0.15) is 0 Å². The molecule has 0 amide bonds. The van der Waals surface area contributed by atoms with Gasteiger partial charge in [0.25, 0.3) is 0 Å². The third kappa shape index (κ3) is 2.04. The first kappa shape index (κ1) is 6.59. The van der Waals surface area contributed by atoms with Gasteiger partial charge in [0.05, 0.1) is 6.42 Å². The number of rotatable bonds is 2. The van der Waals surface area contributed by atoms with Crippen LogP contribution in [0.1, 0.15) is 25.7 Å². The van der Waals surface area contributed by atoms with Crippen LogP contribution in [0.3, 0.4) is 0 Å². The molecule has 0 aliphatic heterocycles. The molecule has 1 fully saturated rings. The Balaban J connectivity index is 2.19. The summed E-state index contributed by atoms with van der Waals surface area (Å²) in [6.07, 6.45) is 5.73. The van der Waals surface area contributed by atoms with E-state index in [-0.39, 0.29) is 0 Å². The summed E-state index contributed by atoms with van der Waals surface area (Å²) in [6, 6.07) is 0. The number of hydrogen-bond donors (Lipinski definition) is 0. The van der Waals surface area contributed by atoms with Gasteiger partial charge in [-0.15, -0.1) is 0 Å². The fourth-order valence-electron chi connectivity index (χ4n) is 1.32. The molecule has 9 heavy (non-hydrogen) atoms. The van der Waals surface area contributed by atoms with E-state index in [1.165, 1.54) is 19.3 Å². The summed E-state index contributed by atoms with van der Waals surface area (Å²) < 4.78 is 0. The lowest BCUT2D eigenvalue weighted by Gasteiger charge is -1.99. The Morgan fingerprint density at radius 2 is 1.89 bits per heavy atom. The molecule has 0 saturated heterocycles. The zero-order valence-corrected chi connectivity index (χ0v) is 5.30. The Morgan fingerprint density at radius 3 is 2.33 bits per heavy atom. The van der Waals surface area contributed by atoms with E-state index < -0.39 is 5.97 Å². The zero-order valence-electron chi connectivity index (χ0n) is 5.30. The van der Waals surface area contributed by atoms with Crippen LogP contribution < -0.4 is 0 Å². The summed E-state index contributed by atoms with van der Waals surface area (Å²) in [5.74, 6) is -0.711. The smallest absolute Gasteiger partial charge is 0.247 e. The quantitative estimate of drug-likeness (QED) is 0.550. The molecule has 0 aromatic rings. The van der Waals surface area contributed by atoms with Gasteiger partial charge in [0, 0.05) is 0 Å². The Labute approximate surface area is 54.9 Å². The summed E-state index contributed by atoms with van der Waals surface area (Å²) >= 11 is 0. The molecule has 1 saturated carbocycles. The molecular weight excluding hydrogens is 116 g/mol. The van der Waals surface area contributed by atoms with Crippen LogP contribution in [-0.4, -0.2) is 5.97 Å². The Morgan fingerprint density at radius 1 is 1.33 bits per heavy atom. The number of hydrogen-bond acceptors (Lipinski definition) is 1.